The second kappa shape index (κ2) is 10.1. The Kier molecular flexibility index (Phi) is 6.81. The molecule has 0 aliphatic carbocycles. The van der Waals surface area contributed by atoms with Gasteiger partial charge in [0.15, 0.2) is 0 Å². The number of esters is 1. The number of methoxy groups -OCH3 is 1. The lowest BCUT2D eigenvalue weighted by Gasteiger charge is -2.18. The van der Waals surface area contributed by atoms with Gasteiger partial charge in [-0.3, -0.25) is 4.79 Å². The third-order valence-electron chi connectivity index (χ3n) is 5.63. The number of nitrogens with zero attached hydrogens (tertiary/aromatic N) is 1. The fraction of sp³-hybridized carbons (Fsp3) is 0.143. The molecule has 0 aliphatic rings. The summed E-state index contributed by atoms with van der Waals surface area (Å²) in [6, 6.07) is 29.5. The summed E-state index contributed by atoms with van der Waals surface area (Å²) in [5, 5.41) is 10.9. The molecule has 1 aromatic heterocycles. The maximum absolute atomic E-state index is 13.3. The summed E-state index contributed by atoms with van der Waals surface area (Å²) in [4.78, 5) is 25.6. The zero-order valence-corrected chi connectivity index (χ0v) is 18.3. The van der Waals surface area contributed by atoms with E-state index in [-0.39, 0.29) is 12.0 Å². The van der Waals surface area contributed by atoms with Crippen LogP contribution in [0.3, 0.4) is 0 Å². The van der Waals surface area contributed by atoms with Gasteiger partial charge in [0.25, 0.3) is 5.56 Å². The molecule has 1 N–H and O–H groups in total. The van der Waals surface area contributed by atoms with Crippen molar-refractivity contribution in [2.24, 2.45) is 0 Å². The van der Waals surface area contributed by atoms with Gasteiger partial charge in [-0.2, -0.15) is 0 Å². The van der Waals surface area contributed by atoms with Gasteiger partial charge in [-0.25, -0.2) is 4.79 Å². The van der Waals surface area contributed by atoms with Gasteiger partial charge < -0.3 is 14.4 Å². The van der Waals surface area contributed by atoms with Crippen molar-refractivity contribution >= 4 is 5.97 Å². The van der Waals surface area contributed by atoms with Crippen molar-refractivity contribution in [2.75, 3.05) is 7.11 Å². The molecule has 1 heterocycles. The lowest BCUT2D eigenvalue weighted by Crippen LogP contribution is -2.25. The van der Waals surface area contributed by atoms with E-state index in [9.17, 15) is 14.7 Å². The lowest BCUT2D eigenvalue weighted by atomic mass is 9.97. The van der Waals surface area contributed by atoms with Gasteiger partial charge in [0, 0.05) is 18.2 Å². The van der Waals surface area contributed by atoms with Gasteiger partial charge in [-0.15, -0.1) is 0 Å². The summed E-state index contributed by atoms with van der Waals surface area (Å²) in [5.74, 6) is -0.468. The number of hydrogen-bond donors (Lipinski definition) is 1. The highest BCUT2D eigenvalue weighted by Crippen LogP contribution is 2.26. The third-order valence-corrected chi connectivity index (χ3v) is 5.63. The monoisotopic (exact) mass is 439 g/mol. The highest BCUT2D eigenvalue weighted by Gasteiger charge is 2.18. The SMILES string of the molecule is COC(=O)c1ccccc1-c1cc(CC(O)c2ccccc2)n(Cc2ccccc2)c(=O)c1. The van der Waals surface area contributed by atoms with Crippen LogP contribution in [0.4, 0.5) is 0 Å². The van der Waals surface area contributed by atoms with Crippen LogP contribution in [-0.2, 0) is 17.7 Å². The van der Waals surface area contributed by atoms with E-state index < -0.39 is 12.1 Å². The molecule has 4 aromatic rings. The maximum atomic E-state index is 13.3. The van der Waals surface area contributed by atoms with E-state index in [1.165, 1.54) is 13.2 Å². The number of aliphatic hydroxyl groups is 1. The summed E-state index contributed by atoms with van der Waals surface area (Å²) < 4.78 is 6.59. The molecule has 0 fully saturated rings. The molecular weight excluding hydrogens is 414 g/mol. The predicted molar refractivity (Wildman–Crippen MR) is 128 cm³/mol. The van der Waals surface area contributed by atoms with Crippen LogP contribution in [-0.4, -0.2) is 22.8 Å². The number of carbonyl (C=O) groups is 1. The minimum absolute atomic E-state index is 0.203. The first kappa shape index (κ1) is 22.2. The summed E-state index contributed by atoms with van der Waals surface area (Å²) in [5.41, 5.74) is 3.84. The molecule has 4 rings (SSSR count). The van der Waals surface area contributed by atoms with E-state index in [2.05, 4.69) is 0 Å². The largest absolute Gasteiger partial charge is 0.465 e. The third kappa shape index (κ3) is 5.10. The summed E-state index contributed by atoms with van der Waals surface area (Å²) in [6.45, 7) is 0.384. The second-order valence-electron chi connectivity index (χ2n) is 7.81. The summed E-state index contributed by atoms with van der Waals surface area (Å²) in [6.07, 6.45) is -0.529. The van der Waals surface area contributed by atoms with E-state index >= 15 is 0 Å². The van der Waals surface area contributed by atoms with Crippen LogP contribution in [0, 0.1) is 0 Å². The average Bonchev–Trinajstić information content (AvgIpc) is 2.86. The Morgan fingerprint density at radius 3 is 2.24 bits per heavy atom. The van der Waals surface area contributed by atoms with E-state index in [0.717, 1.165) is 11.1 Å². The number of carbonyl (C=O) groups excluding carboxylic acids is 1. The smallest absolute Gasteiger partial charge is 0.338 e. The van der Waals surface area contributed by atoms with Crippen molar-refractivity contribution in [1.82, 2.24) is 4.57 Å². The summed E-state index contributed by atoms with van der Waals surface area (Å²) in [7, 11) is 1.33. The van der Waals surface area contributed by atoms with Gasteiger partial charge in [-0.05, 0) is 34.4 Å². The van der Waals surface area contributed by atoms with Crippen LogP contribution in [0.1, 0.15) is 33.3 Å². The fourth-order valence-corrected chi connectivity index (χ4v) is 3.94. The Balaban J connectivity index is 1.81. The number of ether oxygens (including phenoxy) is 1. The molecule has 166 valence electrons. The van der Waals surface area contributed by atoms with Gasteiger partial charge in [0.05, 0.1) is 25.3 Å². The molecular formula is C28H25NO4. The lowest BCUT2D eigenvalue weighted by molar-refractivity contribution is 0.0601. The molecule has 0 amide bonds. The zero-order valence-electron chi connectivity index (χ0n) is 18.3. The van der Waals surface area contributed by atoms with Crippen LogP contribution >= 0.6 is 0 Å². The van der Waals surface area contributed by atoms with Gasteiger partial charge >= 0.3 is 5.97 Å². The summed E-state index contributed by atoms with van der Waals surface area (Å²) >= 11 is 0. The topological polar surface area (TPSA) is 68.5 Å². The molecule has 0 saturated carbocycles. The molecule has 0 saturated heterocycles. The fourth-order valence-electron chi connectivity index (χ4n) is 3.94. The first-order valence-corrected chi connectivity index (χ1v) is 10.7. The van der Waals surface area contributed by atoms with Crippen molar-refractivity contribution in [2.45, 2.75) is 19.1 Å². The Bertz CT molecular complexity index is 1300. The molecule has 0 aliphatic heterocycles. The van der Waals surface area contributed by atoms with Crippen molar-refractivity contribution in [1.29, 1.82) is 0 Å². The van der Waals surface area contributed by atoms with Crippen LogP contribution in [0.2, 0.25) is 0 Å². The predicted octanol–water partition coefficient (Wildman–Crippen LogP) is 4.63. The van der Waals surface area contributed by atoms with Crippen LogP contribution in [0.25, 0.3) is 11.1 Å². The number of rotatable bonds is 7. The van der Waals surface area contributed by atoms with Crippen molar-refractivity contribution in [3.8, 4) is 11.1 Å². The molecule has 5 heteroatoms. The molecule has 3 aromatic carbocycles. The maximum Gasteiger partial charge on any atom is 0.338 e. The minimum Gasteiger partial charge on any atom is -0.465 e. The van der Waals surface area contributed by atoms with Gasteiger partial charge in [-0.1, -0.05) is 78.9 Å². The number of aromatic nitrogens is 1. The molecule has 1 unspecified atom stereocenters. The Hall–Kier alpha value is -3.96. The normalized spacial score (nSPS) is 11.7. The van der Waals surface area contributed by atoms with Crippen molar-refractivity contribution in [3.05, 3.63) is 130 Å². The molecule has 33 heavy (non-hydrogen) atoms. The quantitative estimate of drug-likeness (QED) is 0.427. The van der Waals surface area contributed by atoms with Crippen LogP contribution in [0.5, 0.6) is 0 Å². The minimum atomic E-state index is -0.779. The van der Waals surface area contributed by atoms with Crippen molar-refractivity contribution < 1.29 is 14.6 Å². The Labute approximate surface area is 192 Å². The molecule has 5 nitrogen and oxygen atoms in total. The van der Waals surface area contributed by atoms with Gasteiger partial charge in [0.2, 0.25) is 0 Å². The van der Waals surface area contributed by atoms with Crippen molar-refractivity contribution in [3.63, 3.8) is 0 Å². The number of hydrogen-bond acceptors (Lipinski definition) is 4. The molecule has 1 atom stereocenters. The van der Waals surface area contributed by atoms with E-state index in [0.29, 0.717) is 28.9 Å². The highest BCUT2D eigenvalue weighted by molar-refractivity contribution is 5.97. The molecule has 0 bridgehead atoms. The molecule has 0 radical (unpaired) electrons. The van der Waals surface area contributed by atoms with Gasteiger partial charge in [0.1, 0.15) is 0 Å². The highest BCUT2D eigenvalue weighted by atomic mass is 16.5. The number of pyridine rings is 1. The second-order valence-corrected chi connectivity index (χ2v) is 7.81. The Morgan fingerprint density at radius 1 is 0.909 bits per heavy atom. The number of benzene rings is 3. The first-order chi connectivity index (χ1) is 16.1. The number of aliphatic hydroxyl groups excluding tert-OH is 1. The zero-order chi connectivity index (χ0) is 23.2. The van der Waals surface area contributed by atoms with E-state index in [1.54, 1.807) is 22.8 Å². The van der Waals surface area contributed by atoms with E-state index in [1.807, 2.05) is 72.8 Å². The van der Waals surface area contributed by atoms with E-state index in [4.69, 9.17) is 4.74 Å². The standard InChI is InChI=1S/C28H25NO4/c1-33-28(32)25-15-9-8-14-24(25)22-16-23(18-26(30)21-12-6-3-7-13-21)29(27(31)17-22)19-20-10-4-2-5-11-20/h2-17,26,30H,18-19H2,1H3. The first-order valence-electron chi connectivity index (χ1n) is 10.7. The average molecular weight is 440 g/mol. The van der Waals surface area contributed by atoms with Crippen LogP contribution in [0.15, 0.2) is 102 Å². The van der Waals surface area contributed by atoms with Crippen LogP contribution < -0.4 is 5.56 Å². The molecule has 0 spiro atoms. The Morgan fingerprint density at radius 2 is 1.55 bits per heavy atom.